The van der Waals surface area contributed by atoms with E-state index in [1.807, 2.05) is 6.20 Å². The molecule has 1 aromatic rings. The highest BCUT2D eigenvalue weighted by Crippen LogP contribution is 2.63. The first-order valence-corrected chi connectivity index (χ1v) is 8.53. The number of hydrogen-bond acceptors (Lipinski definition) is 3. The Labute approximate surface area is 127 Å². The molecule has 0 aromatic carbocycles. The Kier molecular flexibility index (Phi) is 3.16. The smallest absolute Gasteiger partial charge is 0.0690 e. The van der Waals surface area contributed by atoms with Gasteiger partial charge in [-0.1, -0.05) is 6.42 Å². The van der Waals surface area contributed by atoms with Gasteiger partial charge in [0.15, 0.2) is 0 Å². The summed E-state index contributed by atoms with van der Waals surface area (Å²) >= 11 is 0. The number of aromatic nitrogens is 2. The van der Waals surface area contributed by atoms with Gasteiger partial charge in [0.2, 0.25) is 0 Å². The van der Waals surface area contributed by atoms with Crippen LogP contribution in [-0.4, -0.2) is 28.5 Å². The third-order valence-electron chi connectivity index (χ3n) is 6.12. The van der Waals surface area contributed by atoms with E-state index in [0.717, 1.165) is 12.5 Å². The van der Waals surface area contributed by atoms with Crippen LogP contribution in [0.3, 0.4) is 0 Å². The maximum Gasteiger partial charge on any atom is 0.0690 e. The number of rotatable bonds is 4. The van der Waals surface area contributed by atoms with Crippen LogP contribution < -0.4 is 5.32 Å². The first kappa shape index (κ1) is 13.8. The molecule has 3 fully saturated rings. The van der Waals surface area contributed by atoms with Crippen LogP contribution in [0.4, 0.5) is 0 Å². The predicted molar refractivity (Wildman–Crippen MR) is 82.1 cm³/mol. The largest absolute Gasteiger partial charge is 0.377 e. The number of nitrogens with one attached hydrogen (secondary N) is 1. The highest BCUT2D eigenvalue weighted by Gasteiger charge is 2.66. The molecule has 3 aliphatic rings. The zero-order valence-electron chi connectivity index (χ0n) is 13.4. The Balaban J connectivity index is 1.47. The minimum atomic E-state index is 0.376. The predicted octanol–water partition coefficient (Wildman–Crippen LogP) is 3.07. The van der Waals surface area contributed by atoms with Gasteiger partial charge in [0.1, 0.15) is 0 Å². The van der Waals surface area contributed by atoms with Crippen LogP contribution in [0.15, 0.2) is 12.4 Å². The van der Waals surface area contributed by atoms with Crippen LogP contribution in [0.5, 0.6) is 0 Å². The third-order valence-corrected chi connectivity index (χ3v) is 6.12. The van der Waals surface area contributed by atoms with Crippen LogP contribution >= 0.6 is 0 Å². The van der Waals surface area contributed by atoms with Crippen molar-refractivity contribution >= 4 is 0 Å². The monoisotopic (exact) mass is 289 g/mol. The maximum atomic E-state index is 6.01. The summed E-state index contributed by atoms with van der Waals surface area (Å²) < 4.78 is 8.06. The molecule has 1 aliphatic heterocycles. The lowest BCUT2D eigenvalue weighted by atomic mass is 9.46. The maximum absolute atomic E-state index is 6.01. The van der Waals surface area contributed by atoms with Gasteiger partial charge in [-0.25, -0.2) is 0 Å². The van der Waals surface area contributed by atoms with Gasteiger partial charge in [-0.05, 0) is 40.0 Å². The van der Waals surface area contributed by atoms with Crippen molar-refractivity contribution in [3.05, 3.63) is 18.0 Å². The fourth-order valence-electron chi connectivity index (χ4n) is 4.72. The average Bonchev–Trinajstić information content (AvgIpc) is 3.01. The Morgan fingerprint density at radius 3 is 2.81 bits per heavy atom. The molecule has 4 heteroatoms. The fourth-order valence-corrected chi connectivity index (χ4v) is 4.72. The van der Waals surface area contributed by atoms with E-state index in [0.29, 0.717) is 29.6 Å². The summed E-state index contributed by atoms with van der Waals surface area (Å²) in [5, 5.41) is 8.39. The van der Waals surface area contributed by atoms with Crippen molar-refractivity contribution in [3.63, 3.8) is 0 Å². The van der Waals surface area contributed by atoms with Gasteiger partial charge in [-0.3, -0.25) is 4.68 Å². The van der Waals surface area contributed by atoms with E-state index in [1.54, 1.807) is 0 Å². The van der Waals surface area contributed by atoms with Crippen LogP contribution in [-0.2, 0) is 4.74 Å². The molecular weight excluding hydrogens is 262 g/mol. The summed E-state index contributed by atoms with van der Waals surface area (Å²) in [4.78, 5) is 0. The van der Waals surface area contributed by atoms with Crippen molar-refractivity contribution in [3.8, 4) is 0 Å². The van der Waals surface area contributed by atoms with Gasteiger partial charge >= 0.3 is 0 Å². The van der Waals surface area contributed by atoms with Gasteiger partial charge in [0.25, 0.3) is 0 Å². The summed E-state index contributed by atoms with van der Waals surface area (Å²) in [7, 11) is 0. The first-order valence-electron chi connectivity index (χ1n) is 8.53. The second-order valence-electron chi connectivity index (χ2n) is 7.54. The summed E-state index contributed by atoms with van der Waals surface area (Å²) in [5.41, 5.74) is 1.77. The summed E-state index contributed by atoms with van der Waals surface area (Å²) in [6.07, 6.45) is 10.1. The Hall–Kier alpha value is -0.870. The molecule has 1 spiro atoms. The van der Waals surface area contributed by atoms with Gasteiger partial charge in [-0.2, -0.15) is 5.10 Å². The number of ether oxygens (including phenoxy) is 1. The Morgan fingerprint density at radius 2 is 2.19 bits per heavy atom. The minimum Gasteiger partial charge on any atom is -0.377 e. The lowest BCUT2D eigenvalue weighted by Crippen LogP contribution is -2.71. The topological polar surface area (TPSA) is 39.1 Å². The van der Waals surface area contributed by atoms with Crippen LogP contribution in [0.2, 0.25) is 0 Å². The average molecular weight is 289 g/mol. The standard InChI is InChI=1S/C17H27N3O/c1-11(2)20-10-13(9-18-20)12(3)19-15-14-5-8-21-16(14)17(15)6-4-7-17/h9-12,14-16,19H,4-8H2,1-3H3/t12-,14+,15+,16-/m0/s1. The highest BCUT2D eigenvalue weighted by molar-refractivity contribution is 5.20. The Morgan fingerprint density at radius 1 is 1.38 bits per heavy atom. The van der Waals surface area contributed by atoms with Crippen molar-refractivity contribution in [2.45, 2.75) is 70.7 Å². The summed E-state index contributed by atoms with van der Waals surface area (Å²) in [6.45, 7) is 7.58. The molecule has 4 atom stereocenters. The van der Waals surface area contributed by atoms with Crippen molar-refractivity contribution in [1.82, 2.24) is 15.1 Å². The minimum absolute atomic E-state index is 0.376. The molecule has 4 nitrogen and oxygen atoms in total. The van der Waals surface area contributed by atoms with E-state index < -0.39 is 0 Å². The third kappa shape index (κ3) is 1.92. The van der Waals surface area contributed by atoms with E-state index in [1.165, 1.54) is 31.2 Å². The summed E-state index contributed by atoms with van der Waals surface area (Å²) in [5.74, 6) is 0.743. The van der Waals surface area contributed by atoms with Crippen LogP contribution in [0, 0.1) is 11.3 Å². The molecule has 0 amide bonds. The molecule has 2 saturated carbocycles. The van der Waals surface area contributed by atoms with Crippen LogP contribution in [0.25, 0.3) is 0 Å². The SMILES string of the molecule is CC(C)n1cc([C@H](C)N[C@@H]2[C@H]3CCO[C@@H]3C23CCC3)cn1. The highest BCUT2D eigenvalue weighted by atomic mass is 16.5. The van der Waals surface area contributed by atoms with Crippen LogP contribution in [0.1, 0.15) is 64.1 Å². The molecule has 2 aliphatic carbocycles. The molecule has 0 bridgehead atoms. The van der Waals surface area contributed by atoms with E-state index >= 15 is 0 Å². The number of nitrogens with zero attached hydrogens (tertiary/aromatic N) is 2. The van der Waals surface area contributed by atoms with E-state index in [2.05, 4.69) is 42.1 Å². The molecule has 0 unspecified atom stereocenters. The molecule has 1 saturated heterocycles. The van der Waals surface area contributed by atoms with E-state index in [9.17, 15) is 0 Å². The molecule has 116 valence electrons. The quantitative estimate of drug-likeness (QED) is 0.926. The van der Waals surface area contributed by atoms with Crippen molar-refractivity contribution in [1.29, 1.82) is 0 Å². The second kappa shape index (κ2) is 4.82. The van der Waals surface area contributed by atoms with Gasteiger partial charge < -0.3 is 10.1 Å². The van der Waals surface area contributed by atoms with Gasteiger partial charge in [-0.15, -0.1) is 0 Å². The zero-order valence-corrected chi connectivity index (χ0v) is 13.4. The van der Waals surface area contributed by atoms with Crippen molar-refractivity contribution < 1.29 is 4.74 Å². The van der Waals surface area contributed by atoms with E-state index in [4.69, 9.17) is 4.74 Å². The molecule has 0 radical (unpaired) electrons. The number of fused-ring (bicyclic) bond motifs is 2. The van der Waals surface area contributed by atoms with Gasteiger partial charge in [0.05, 0.1) is 12.3 Å². The molecule has 1 aromatic heterocycles. The Bertz CT molecular complexity index is 520. The van der Waals surface area contributed by atoms with Gasteiger partial charge in [0, 0.05) is 47.8 Å². The van der Waals surface area contributed by atoms with Crippen molar-refractivity contribution in [2.75, 3.05) is 6.61 Å². The fraction of sp³-hybridized carbons (Fsp3) is 0.824. The van der Waals surface area contributed by atoms with Crippen molar-refractivity contribution in [2.24, 2.45) is 11.3 Å². The molecule has 4 rings (SSSR count). The normalized spacial score (nSPS) is 34.6. The first-order chi connectivity index (χ1) is 10.1. The number of hydrogen-bond donors (Lipinski definition) is 1. The van der Waals surface area contributed by atoms with E-state index in [-0.39, 0.29) is 0 Å². The summed E-state index contributed by atoms with van der Waals surface area (Å²) in [6, 6.07) is 1.46. The zero-order chi connectivity index (χ0) is 14.6. The molecule has 1 N–H and O–H groups in total. The second-order valence-corrected chi connectivity index (χ2v) is 7.54. The molecule has 2 heterocycles. The lowest BCUT2D eigenvalue weighted by molar-refractivity contribution is -0.178. The molecular formula is C17H27N3O. The lowest BCUT2D eigenvalue weighted by Gasteiger charge is -2.64. The molecule has 21 heavy (non-hydrogen) atoms.